The van der Waals surface area contributed by atoms with Gasteiger partial charge in [-0.05, 0) is 6.42 Å². The molecule has 4 heteroatoms. The Morgan fingerprint density at radius 3 is 1.47 bits per heavy atom. The molecular weight excluding hydrogens is 306 g/mol. The quantitative estimate of drug-likeness (QED) is 0.322. The molecule has 0 fully saturated rings. The van der Waals surface area contributed by atoms with Crippen LogP contribution in [0.15, 0.2) is 0 Å². The van der Waals surface area contributed by atoms with Crippen LogP contribution < -0.4 is 17.0 Å². The van der Waals surface area contributed by atoms with Crippen molar-refractivity contribution in [2.24, 2.45) is 0 Å². The van der Waals surface area contributed by atoms with E-state index in [-0.39, 0.29) is 21.5 Å². The second-order valence-corrected chi connectivity index (χ2v) is 6.37. The summed E-state index contributed by atoms with van der Waals surface area (Å²) in [6.07, 6.45) is 11.7. The van der Waals surface area contributed by atoms with Crippen molar-refractivity contribution < 1.29 is 31.7 Å². The molecule has 0 saturated heterocycles. The van der Waals surface area contributed by atoms with E-state index in [1.54, 1.807) is 0 Å². The summed E-state index contributed by atoms with van der Waals surface area (Å²) in [7, 11) is 5.44. The van der Waals surface area contributed by atoms with Gasteiger partial charge in [-0.15, -0.1) is 0 Å². The SMILES string of the molecule is CCCCCCCCCCCC(O)(O)[N+](C)(C)C.[Br-]. The molecule has 0 spiro atoms. The van der Waals surface area contributed by atoms with Gasteiger partial charge in [0.05, 0.1) is 27.6 Å². The second-order valence-electron chi connectivity index (χ2n) is 6.37. The van der Waals surface area contributed by atoms with E-state index in [1.807, 2.05) is 21.1 Å². The van der Waals surface area contributed by atoms with E-state index >= 15 is 0 Å². The molecule has 0 aromatic rings. The zero-order valence-corrected chi connectivity index (χ0v) is 14.9. The van der Waals surface area contributed by atoms with Gasteiger partial charge < -0.3 is 27.2 Å². The zero-order valence-electron chi connectivity index (χ0n) is 13.3. The Kier molecular flexibility index (Phi) is 12.6. The maximum atomic E-state index is 9.88. The molecule has 0 aromatic carbocycles. The number of unbranched alkanes of at least 4 members (excludes halogenated alkanes) is 8. The molecule has 0 saturated carbocycles. The molecule has 2 N–H and O–H groups in total. The summed E-state index contributed by atoms with van der Waals surface area (Å²) in [5.74, 6) is -1.58. The first-order chi connectivity index (χ1) is 8.31. The molecule has 0 aliphatic rings. The standard InChI is InChI=1S/C15H34NO2.BrH/c1-5-6-7-8-9-10-11-12-13-14-15(17,18)16(2,3)4;/h17-18H,5-14H2,1-4H3;1H/q+1;/p-1. The van der Waals surface area contributed by atoms with Crippen molar-refractivity contribution in [3.05, 3.63) is 0 Å². The van der Waals surface area contributed by atoms with Gasteiger partial charge in [0.2, 0.25) is 0 Å². The average molecular weight is 340 g/mol. The fourth-order valence-electron chi connectivity index (χ4n) is 2.01. The largest absolute Gasteiger partial charge is 1.00 e. The van der Waals surface area contributed by atoms with E-state index in [0.717, 1.165) is 12.8 Å². The van der Waals surface area contributed by atoms with Gasteiger partial charge in [0.15, 0.2) is 0 Å². The zero-order chi connectivity index (χ0) is 14.1. The lowest BCUT2D eigenvalue weighted by atomic mass is 10.1. The summed E-state index contributed by atoms with van der Waals surface area (Å²) in [5, 5.41) is 19.8. The van der Waals surface area contributed by atoms with Crippen LogP contribution in [0.5, 0.6) is 0 Å². The molecule has 118 valence electrons. The maximum absolute atomic E-state index is 9.88. The molecule has 19 heavy (non-hydrogen) atoms. The maximum Gasteiger partial charge on any atom is 0.313 e. The number of rotatable bonds is 11. The summed E-state index contributed by atoms with van der Waals surface area (Å²) < 4.78 is 0.185. The topological polar surface area (TPSA) is 40.5 Å². The molecule has 0 amide bonds. The molecule has 0 atom stereocenters. The van der Waals surface area contributed by atoms with Crippen LogP contribution in [0.4, 0.5) is 0 Å². The lowest BCUT2D eigenvalue weighted by molar-refractivity contribution is -0.979. The molecule has 0 bridgehead atoms. The van der Waals surface area contributed by atoms with Crippen LogP contribution in [0.3, 0.4) is 0 Å². The fraction of sp³-hybridized carbons (Fsp3) is 1.00. The molecule has 0 aliphatic heterocycles. The second kappa shape index (κ2) is 11.1. The fourth-order valence-corrected chi connectivity index (χ4v) is 2.01. The van der Waals surface area contributed by atoms with Gasteiger partial charge in [0.1, 0.15) is 0 Å². The van der Waals surface area contributed by atoms with Crippen molar-refractivity contribution in [2.45, 2.75) is 77.0 Å². The third-order valence-electron chi connectivity index (χ3n) is 3.69. The van der Waals surface area contributed by atoms with E-state index in [2.05, 4.69) is 6.92 Å². The van der Waals surface area contributed by atoms with Crippen LogP contribution in [-0.2, 0) is 0 Å². The van der Waals surface area contributed by atoms with Gasteiger partial charge in [-0.3, -0.25) is 4.48 Å². The summed E-state index contributed by atoms with van der Waals surface area (Å²) in [5.41, 5.74) is 0. The van der Waals surface area contributed by atoms with E-state index in [1.165, 1.54) is 44.9 Å². The van der Waals surface area contributed by atoms with Gasteiger partial charge in [-0.1, -0.05) is 58.3 Å². The van der Waals surface area contributed by atoms with Crippen molar-refractivity contribution in [1.82, 2.24) is 0 Å². The number of nitrogens with zero attached hydrogens (tertiary/aromatic N) is 1. The van der Waals surface area contributed by atoms with E-state index in [0.29, 0.717) is 6.42 Å². The molecule has 0 unspecified atom stereocenters. The number of hydrogen-bond acceptors (Lipinski definition) is 2. The van der Waals surface area contributed by atoms with Crippen molar-refractivity contribution in [2.75, 3.05) is 21.1 Å². The minimum Gasteiger partial charge on any atom is -1.00 e. The van der Waals surface area contributed by atoms with Crippen molar-refractivity contribution >= 4 is 0 Å². The Balaban J connectivity index is 0. The van der Waals surface area contributed by atoms with Crippen molar-refractivity contribution in [3.63, 3.8) is 0 Å². The molecular formula is C15H34BrNO2. The normalized spacial score (nSPS) is 12.3. The summed E-state index contributed by atoms with van der Waals surface area (Å²) >= 11 is 0. The Morgan fingerprint density at radius 1 is 0.737 bits per heavy atom. The summed E-state index contributed by atoms with van der Waals surface area (Å²) in [6.45, 7) is 2.24. The van der Waals surface area contributed by atoms with Gasteiger partial charge in [-0.25, -0.2) is 0 Å². The molecule has 0 aromatic heterocycles. The highest BCUT2D eigenvalue weighted by Crippen LogP contribution is 2.20. The lowest BCUT2D eigenvalue weighted by Gasteiger charge is -2.37. The Hall–Kier alpha value is 0.360. The van der Waals surface area contributed by atoms with Gasteiger partial charge in [-0.2, -0.15) is 0 Å². The van der Waals surface area contributed by atoms with E-state index in [4.69, 9.17) is 0 Å². The van der Waals surface area contributed by atoms with Gasteiger partial charge in [0, 0.05) is 0 Å². The van der Waals surface area contributed by atoms with Crippen LogP contribution in [0.25, 0.3) is 0 Å². The minimum atomic E-state index is -1.58. The smallest absolute Gasteiger partial charge is 0.313 e. The van der Waals surface area contributed by atoms with Crippen LogP contribution >= 0.6 is 0 Å². The first-order valence-corrected chi connectivity index (χ1v) is 7.57. The van der Waals surface area contributed by atoms with E-state index < -0.39 is 5.91 Å². The van der Waals surface area contributed by atoms with Crippen LogP contribution in [0.2, 0.25) is 0 Å². The Labute approximate surface area is 130 Å². The first kappa shape index (κ1) is 21.7. The average Bonchev–Trinajstić information content (AvgIpc) is 2.25. The van der Waals surface area contributed by atoms with Crippen molar-refractivity contribution in [1.29, 1.82) is 0 Å². The summed E-state index contributed by atoms with van der Waals surface area (Å²) in [6, 6.07) is 0. The van der Waals surface area contributed by atoms with Gasteiger partial charge in [0.25, 0.3) is 0 Å². The molecule has 3 nitrogen and oxygen atoms in total. The number of hydrogen-bond donors (Lipinski definition) is 2. The Bertz CT molecular complexity index is 203. The van der Waals surface area contributed by atoms with Gasteiger partial charge >= 0.3 is 5.91 Å². The highest BCUT2D eigenvalue weighted by molar-refractivity contribution is 4.53. The predicted octanol–water partition coefficient (Wildman–Crippen LogP) is 0.256. The molecule has 0 rings (SSSR count). The number of halogens is 1. The van der Waals surface area contributed by atoms with Crippen LogP contribution in [-0.4, -0.2) is 41.8 Å². The molecule has 0 aliphatic carbocycles. The first-order valence-electron chi connectivity index (χ1n) is 7.57. The monoisotopic (exact) mass is 339 g/mol. The third-order valence-corrected chi connectivity index (χ3v) is 3.69. The van der Waals surface area contributed by atoms with Crippen LogP contribution in [0.1, 0.15) is 71.1 Å². The minimum absolute atomic E-state index is 0. The van der Waals surface area contributed by atoms with E-state index in [9.17, 15) is 10.2 Å². The Morgan fingerprint density at radius 2 is 1.11 bits per heavy atom. The van der Waals surface area contributed by atoms with Crippen LogP contribution in [0, 0.1) is 0 Å². The summed E-state index contributed by atoms with van der Waals surface area (Å²) in [4.78, 5) is 0. The molecule has 0 heterocycles. The number of quaternary nitrogens is 1. The highest BCUT2D eigenvalue weighted by atomic mass is 79.9. The third kappa shape index (κ3) is 10.8. The highest BCUT2D eigenvalue weighted by Gasteiger charge is 2.37. The predicted molar refractivity (Wildman–Crippen MR) is 77.0 cm³/mol. The lowest BCUT2D eigenvalue weighted by Crippen LogP contribution is -3.00. The van der Waals surface area contributed by atoms with Crippen molar-refractivity contribution in [3.8, 4) is 0 Å². The molecule has 0 radical (unpaired) electrons. The number of aliphatic hydroxyl groups is 2.